The van der Waals surface area contributed by atoms with Crippen molar-refractivity contribution in [2.75, 3.05) is 19.6 Å². The molecule has 4 fully saturated rings. The largest absolute Gasteiger partial charge is 0.507 e. The first kappa shape index (κ1) is 77.0. The Hall–Kier alpha value is -14.2. The predicted octanol–water partition coefficient (Wildman–Crippen LogP) is 17.2. The van der Waals surface area contributed by atoms with E-state index in [1.54, 1.807) is 183 Å². The molecule has 16 rings (SSSR count). The molecule has 4 unspecified atom stereocenters. The number of aliphatic hydroxyl groups excluding tert-OH is 4. The third kappa shape index (κ3) is 15.9. The van der Waals surface area contributed by atoms with Gasteiger partial charge in [0.15, 0.2) is 0 Å². The van der Waals surface area contributed by atoms with Gasteiger partial charge in [-0.3, -0.25) is 58.0 Å². The molecule has 8 aromatic carbocycles. The second-order valence-corrected chi connectivity index (χ2v) is 27.6. The van der Waals surface area contributed by atoms with Gasteiger partial charge in [0, 0.05) is 56.5 Å². The van der Waals surface area contributed by atoms with E-state index in [1.807, 2.05) is 148 Å². The van der Waals surface area contributed by atoms with E-state index in [2.05, 4.69) is 35.9 Å². The van der Waals surface area contributed by atoms with E-state index in [4.69, 9.17) is 11.6 Å². The number of aryl methyl sites for hydroxylation is 3. The summed E-state index contributed by atoms with van der Waals surface area (Å²) in [6.45, 7) is 5.61. The van der Waals surface area contributed by atoms with Crippen molar-refractivity contribution in [2.45, 2.75) is 44.9 Å². The average molecular weight is 1580 g/mol. The SMILES string of the molecule is Cc1ccc(C(O)=C2C(=O)C(=O)N(c3ncccc3C)C2c2ccccc2)cc1.Cc1cccnc1N1C(=O)C(=O)C(=C(O)c2ccccc2)C1c1ccccc1.O=C1C(=O)N(c2cc(Br)ccn2)C(c2ccccc2)C1=C(O)c1ccccc1.O=C1C(=O)N(c2ccccn2)C(c2ccc(Cl)cc2)C1=C(O)c1ccccc1. The minimum absolute atomic E-state index is 0.0178. The Morgan fingerprint density at radius 3 is 0.956 bits per heavy atom. The van der Waals surface area contributed by atoms with Gasteiger partial charge in [0.05, 0.1) is 46.5 Å². The Bertz CT molecular complexity index is 5770. The molecule has 4 aromatic heterocycles. The van der Waals surface area contributed by atoms with Crippen molar-refractivity contribution in [1.29, 1.82) is 0 Å². The van der Waals surface area contributed by atoms with Crippen molar-refractivity contribution in [1.82, 2.24) is 19.9 Å². The molecule has 8 heterocycles. The summed E-state index contributed by atoms with van der Waals surface area (Å²) in [5.74, 6) is -5.13. The van der Waals surface area contributed by atoms with E-state index in [1.165, 1.54) is 19.6 Å². The summed E-state index contributed by atoms with van der Waals surface area (Å²) in [5.41, 5.74) is 7.48. The zero-order valence-corrected chi connectivity index (χ0v) is 63.0. The van der Waals surface area contributed by atoms with Gasteiger partial charge in [-0.2, -0.15) is 0 Å². The summed E-state index contributed by atoms with van der Waals surface area (Å²) >= 11 is 9.38. The zero-order valence-electron chi connectivity index (χ0n) is 60.6. The number of rotatable bonds is 12. The molecule has 0 saturated carbocycles. The second kappa shape index (κ2) is 34.2. The molecule has 0 radical (unpaired) electrons. The molecular weight excluding hydrogens is 1510 g/mol. The molecule has 20 nitrogen and oxygen atoms in total. The Morgan fingerprint density at radius 2 is 0.611 bits per heavy atom. The number of nitrogens with zero attached hydrogens (tertiary/aromatic N) is 8. The minimum Gasteiger partial charge on any atom is -0.507 e. The van der Waals surface area contributed by atoms with Crippen LogP contribution in [-0.4, -0.2) is 87.1 Å². The summed E-state index contributed by atoms with van der Waals surface area (Å²) in [6, 6.07) is 80.4. The molecule has 12 aromatic rings. The van der Waals surface area contributed by atoms with Crippen molar-refractivity contribution in [3.63, 3.8) is 0 Å². The van der Waals surface area contributed by atoms with E-state index < -0.39 is 70.9 Å². The molecule has 113 heavy (non-hydrogen) atoms. The Balaban J connectivity index is 0.000000132. The lowest BCUT2D eigenvalue weighted by atomic mass is 9.95. The molecule has 4 saturated heterocycles. The van der Waals surface area contributed by atoms with E-state index in [0.29, 0.717) is 61.7 Å². The van der Waals surface area contributed by atoms with Crippen LogP contribution in [0.3, 0.4) is 0 Å². The van der Waals surface area contributed by atoms with Gasteiger partial charge in [-0.25, -0.2) is 19.9 Å². The highest BCUT2D eigenvalue weighted by Gasteiger charge is 2.52. The highest BCUT2D eigenvalue weighted by atomic mass is 79.9. The van der Waals surface area contributed by atoms with Gasteiger partial charge in [0.2, 0.25) is 0 Å². The smallest absolute Gasteiger partial charge is 0.301 e. The minimum atomic E-state index is -0.813. The van der Waals surface area contributed by atoms with Crippen LogP contribution < -0.4 is 19.6 Å². The highest BCUT2D eigenvalue weighted by molar-refractivity contribution is 9.10. The number of pyridine rings is 4. The van der Waals surface area contributed by atoms with Gasteiger partial charge < -0.3 is 20.4 Å². The number of aromatic nitrogens is 4. The number of ketones is 4. The molecular formula is C91H68BrClN8O12. The molecule has 22 heteroatoms. The van der Waals surface area contributed by atoms with Gasteiger partial charge in [-0.1, -0.05) is 270 Å². The van der Waals surface area contributed by atoms with Crippen LogP contribution in [0.15, 0.2) is 337 Å². The Labute approximate surface area is 662 Å². The first-order valence-corrected chi connectivity index (χ1v) is 36.6. The summed E-state index contributed by atoms with van der Waals surface area (Å²) < 4.78 is 0.731. The van der Waals surface area contributed by atoms with Crippen LogP contribution in [-0.2, 0) is 38.4 Å². The average Bonchev–Trinajstić information content (AvgIpc) is 1.62. The number of carbonyl (C=O) groups is 8. The second-order valence-electron chi connectivity index (χ2n) is 26.2. The molecule has 0 bridgehead atoms. The van der Waals surface area contributed by atoms with Crippen LogP contribution in [0.4, 0.5) is 23.3 Å². The highest BCUT2D eigenvalue weighted by Crippen LogP contribution is 2.47. The van der Waals surface area contributed by atoms with Gasteiger partial charge >= 0.3 is 23.6 Å². The summed E-state index contributed by atoms with van der Waals surface area (Å²) in [5, 5.41) is 44.3. The van der Waals surface area contributed by atoms with Gasteiger partial charge in [0.25, 0.3) is 23.1 Å². The van der Waals surface area contributed by atoms with E-state index in [9.17, 15) is 58.8 Å². The number of amides is 4. The van der Waals surface area contributed by atoms with Crippen LogP contribution in [0.1, 0.15) is 85.4 Å². The fraction of sp³-hybridized carbons (Fsp3) is 0.0769. The van der Waals surface area contributed by atoms with E-state index in [0.717, 1.165) is 32.3 Å². The van der Waals surface area contributed by atoms with Crippen LogP contribution in [0.5, 0.6) is 0 Å². The summed E-state index contributed by atoms with van der Waals surface area (Å²) in [6.07, 6.45) is 6.27. The molecule has 0 spiro atoms. The summed E-state index contributed by atoms with van der Waals surface area (Å²) in [7, 11) is 0. The lowest BCUT2D eigenvalue weighted by molar-refractivity contribution is -0.132. The van der Waals surface area contributed by atoms with E-state index >= 15 is 0 Å². The molecule has 4 atom stereocenters. The van der Waals surface area contributed by atoms with Gasteiger partial charge in [-0.05, 0) is 103 Å². The van der Waals surface area contributed by atoms with Crippen molar-refractivity contribution in [3.8, 4) is 0 Å². The molecule has 4 N–H and O–H groups in total. The standard InChI is InChI=1S/C24H20N2O3.C23H18N2O3.C22H15BrN2O3.C22H15ClN2O3/c1-15-10-12-18(13-11-15)21(27)19-20(17-8-4-3-5-9-17)26(24(29)22(19)28)23-16(2)7-6-14-25-23;1-15-9-8-14-24-22(15)25-19(16-10-4-2-5-11-16)18(21(27)23(25)28)20(26)17-12-6-3-7-13-17;23-16-11-12-24-17(13-16)25-19(14-7-3-1-4-8-14)18(21(27)22(25)28)20(26)15-9-5-2-6-10-15;23-16-11-9-14(10-12-16)19-18(20(26)15-6-2-1-3-7-15)21(27)22(28)25(19)17-8-4-5-13-24-17/h3-14,20,27H,1-2H3;2-14,19,26H,1H3;2*1-13,19,26H. The zero-order chi connectivity index (χ0) is 79.6. The predicted molar refractivity (Wildman–Crippen MR) is 435 cm³/mol. The summed E-state index contributed by atoms with van der Waals surface area (Å²) in [4.78, 5) is 126. The van der Waals surface area contributed by atoms with Crippen LogP contribution >= 0.6 is 27.5 Å². The van der Waals surface area contributed by atoms with Gasteiger partial charge in [0.1, 0.15) is 46.3 Å². The van der Waals surface area contributed by atoms with Gasteiger partial charge in [-0.15, -0.1) is 0 Å². The Kier molecular flexibility index (Phi) is 23.3. The topological polar surface area (TPSA) is 282 Å². The molecule has 558 valence electrons. The number of anilines is 4. The number of carbonyl (C=O) groups excluding carboxylic acids is 8. The Morgan fingerprint density at radius 1 is 0.310 bits per heavy atom. The lowest BCUT2D eigenvalue weighted by Crippen LogP contribution is -2.30. The van der Waals surface area contributed by atoms with Crippen LogP contribution in [0, 0.1) is 20.8 Å². The first-order valence-electron chi connectivity index (χ1n) is 35.5. The monoisotopic (exact) mass is 1580 g/mol. The fourth-order valence-electron chi connectivity index (χ4n) is 13.7. The fourth-order valence-corrected chi connectivity index (χ4v) is 14.1. The number of aliphatic hydroxyl groups is 4. The lowest BCUT2D eigenvalue weighted by Gasteiger charge is -2.25. The molecule has 4 aliphatic heterocycles. The quantitative estimate of drug-likeness (QED) is 0.0502. The maximum atomic E-state index is 13.0. The number of hydrogen-bond donors (Lipinski definition) is 4. The van der Waals surface area contributed by atoms with Crippen LogP contribution in [0.25, 0.3) is 23.0 Å². The maximum absolute atomic E-state index is 13.0. The van der Waals surface area contributed by atoms with Crippen molar-refractivity contribution >= 4 is 121 Å². The number of benzene rings is 8. The third-order valence-corrected chi connectivity index (χ3v) is 19.8. The number of halogens is 2. The molecule has 0 aliphatic carbocycles. The van der Waals surface area contributed by atoms with Crippen molar-refractivity contribution in [3.05, 3.63) is 403 Å². The first-order chi connectivity index (χ1) is 54.7. The number of hydrogen-bond acceptors (Lipinski definition) is 16. The maximum Gasteiger partial charge on any atom is 0.301 e. The molecule has 4 amide bonds. The number of Topliss-reactive ketones (excluding diaryl/α,β-unsaturated/α-hetero) is 4. The molecule has 4 aliphatic rings. The van der Waals surface area contributed by atoms with E-state index in [-0.39, 0.29) is 45.3 Å². The van der Waals surface area contributed by atoms with Crippen molar-refractivity contribution in [2.24, 2.45) is 0 Å². The van der Waals surface area contributed by atoms with Crippen molar-refractivity contribution < 1.29 is 58.8 Å². The third-order valence-electron chi connectivity index (χ3n) is 19.0. The van der Waals surface area contributed by atoms with Crippen LogP contribution in [0.2, 0.25) is 5.02 Å². The normalized spacial score (nSPS) is 18.4.